The number of aryl methyl sites for hydroxylation is 1. The van der Waals surface area contributed by atoms with Gasteiger partial charge in [-0.05, 0) is 32.7 Å². The topological polar surface area (TPSA) is 67.1 Å². The Morgan fingerprint density at radius 2 is 2.29 bits per heavy atom. The number of fused-ring (bicyclic) bond motifs is 1. The second-order valence-corrected chi connectivity index (χ2v) is 7.37. The lowest BCUT2D eigenvalue weighted by molar-refractivity contribution is 0.388. The van der Waals surface area contributed by atoms with E-state index in [2.05, 4.69) is 45.0 Å². The molecule has 0 unspecified atom stereocenters. The Morgan fingerprint density at radius 3 is 3.12 bits per heavy atom. The van der Waals surface area contributed by atoms with E-state index in [0.29, 0.717) is 12.1 Å². The molecule has 2 N–H and O–H groups in total. The van der Waals surface area contributed by atoms with Gasteiger partial charge in [0.25, 0.3) is 0 Å². The van der Waals surface area contributed by atoms with Crippen molar-refractivity contribution in [2.75, 3.05) is 11.9 Å². The van der Waals surface area contributed by atoms with Crippen molar-refractivity contribution in [3.8, 4) is 11.4 Å². The van der Waals surface area contributed by atoms with Gasteiger partial charge in [-0.25, -0.2) is 9.97 Å². The van der Waals surface area contributed by atoms with E-state index in [1.807, 2.05) is 6.20 Å². The van der Waals surface area contributed by atoms with Crippen molar-refractivity contribution in [1.82, 2.24) is 24.7 Å². The van der Waals surface area contributed by atoms with Crippen LogP contribution in [0.4, 0.5) is 5.82 Å². The molecule has 2 atom stereocenters. The number of hydrogen-bond donors (Lipinski definition) is 2. The van der Waals surface area contributed by atoms with Crippen molar-refractivity contribution in [3.63, 3.8) is 0 Å². The number of rotatable bonds is 4. The first kappa shape index (κ1) is 15.5. The van der Waals surface area contributed by atoms with Crippen molar-refractivity contribution >= 4 is 22.1 Å². The Balaban J connectivity index is 1.62. The monoisotopic (exact) mass is 342 g/mol. The summed E-state index contributed by atoms with van der Waals surface area (Å²) in [6.07, 6.45) is 11.0. The molecule has 24 heavy (non-hydrogen) atoms. The van der Waals surface area contributed by atoms with E-state index >= 15 is 0 Å². The molecule has 1 aliphatic heterocycles. The largest absolute Gasteiger partial charge is 0.364 e. The Labute approximate surface area is 145 Å². The Kier molecular flexibility index (Phi) is 4.20. The number of nitrogens with one attached hydrogen (secondary N) is 2. The van der Waals surface area contributed by atoms with Gasteiger partial charge in [0.05, 0.1) is 24.3 Å². The van der Waals surface area contributed by atoms with Crippen LogP contribution in [0, 0.1) is 0 Å². The van der Waals surface area contributed by atoms with Crippen molar-refractivity contribution in [2.45, 2.75) is 45.2 Å². The van der Waals surface area contributed by atoms with Crippen LogP contribution in [0.1, 0.15) is 31.6 Å². The van der Waals surface area contributed by atoms with E-state index < -0.39 is 0 Å². The van der Waals surface area contributed by atoms with Gasteiger partial charge in [-0.3, -0.25) is 9.38 Å². The van der Waals surface area contributed by atoms with Crippen molar-refractivity contribution in [3.05, 3.63) is 29.7 Å². The number of hydrogen-bond acceptors (Lipinski definition) is 6. The van der Waals surface area contributed by atoms with Crippen LogP contribution in [-0.4, -0.2) is 38.0 Å². The fraction of sp³-hybridized carbons (Fsp3) is 0.471. The highest BCUT2D eigenvalue weighted by molar-refractivity contribution is 7.17. The number of thiazole rings is 1. The summed E-state index contributed by atoms with van der Waals surface area (Å²) in [7, 11) is 0. The van der Waals surface area contributed by atoms with Gasteiger partial charge >= 0.3 is 0 Å². The highest BCUT2D eigenvalue weighted by atomic mass is 32.1. The summed E-state index contributed by atoms with van der Waals surface area (Å²) < 4.78 is 2.11. The Hall–Kier alpha value is -1.99. The maximum Gasteiger partial charge on any atom is 0.194 e. The number of imidazole rings is 1. The fourth-order valence-corrected chi connectivity index (χ4v) is 4.07. The molecule has 0 aliphatic carbocycles. The smallest absolute Gasteiger partial charge is 0.194 e. The average molecular weight is 342 g/mol. The van der Waals surface area contributed by atoms with Crippen molar-refractivity contribution in [1.29, 1.82) is 0 Å². The molecule has 0 saturated carbocycles. The van der Waals surface area contributed by atoms with Crippen LogP contribution in [0.3, 0.4) is 0 Å². The molecule has 3 aromatic heterocycles. The molecule has 6 nitrogen and oxygen atoms in total. The third-order valence-corrected chi connectivity index (χ3v) is 5.74. The highest BCUT2D eigenvalue weighted by Gasteiger charge is 2.21. The van der Waals surface area contributed by atoms with E-state index in [4.69, 9.17) is 4.98 Å². The van der Waals surface area contributed by atoms with Crippen LogP contribution >= 0.6 is 11.3 Å². The number of aromatic nitrogens is 4. The van der Waals surface area contributed by atoms with Gasteiger partial charge in [-0.1, -0.05) is 6.92 Å². The zero-order chi connectivity index (χ0) is 16.5. The van der Waals surface area contributed by atoms with Gasteiger partial charge < -0.3 is 10.6 Å². The number of piperidine rings is 1. The molecular formula is C17H22N6S. The second kappa shape index (κ2) is 6.49. The lowest BCUT2D eigenvalue weighted by Gasteiger charge is -2.30. The molecule has 126 valence electrons. The van der Waals surface area contributed by atoms with Crippen LogP contribution in [0.25, 0.3) is 16.3 Å². The highest BCUT2D eigenvalue weighted by Crippen LogP contribution is 2.25. The predicted octanol–water partition coefficient (Wildman–Crippen LogP) is 2.97. The quantitative estimate of drug-likeness (QED) is 0.763. The fourth-order valence-electron chi connectivity index (χ4n) is 3.17. The zero-order valence-electron chi connectivity index (χ0n) is 14.0. The van der Waals surface area contributed by atoms with Crippen LogP contribution in [0.15, 0.2) is 24.8 Å². The van der Waals surface area contributed by atoms with Gasteiger partial charge in [0.2, 0.25) is 0 Å². The molecule has 0 bridgehead atoms. The molecule has 1 saturated heterocycles. The molecule has 4 rings (SSSR count). The van der Waals surface area contributed by atoms with Crippen molar-refractivity contribution < 1.29 is 0 Å². The summed E-state index contributed by atoms with van der Waals surface area (Å²) in [6, 6.07) is 0.830. The summed E-state index contributed by atoms with van der Waals surface area (Å²) in [5.41, 5.74) is 1.84. The minimum atomic E-state index is 0.390. The van der Waals surface area contributed by atoms with E-state index in [-0.39, 0.29) is 0 Å². The number of nitrogens with zero attached hydrogens (tertiary/aromatic N) is 4. The minimum absolute atomic E-state index is 0.390. The molecule has 0 spiro atoms. The third-order valence-electron chi connectivity index (χ3n) is 4.60. The first-order valence-corrected chi connectivity index (χ1v) is 9.34. The number of anilines is 1. The molecule has 0 radical (unpaired) electrons. The molecule has 1 fully saturated rings. The van der Waals surface area contributed by atoms with Crippen LogP contribution in [0.5, 0.6) is 0 Å². The molecular weight excluding hydrogens is 320 g/mol. The summed E-state index contributed by atoms with van der Waals surface area (Å²) in [5, 5.41) is 7.04. The predicted molar refractivity (Wildman–Crippen MR) is 97.6 cm³/mol. The van der Waals surface area contributed by atoms with Gasteiger partial charge in [0.1, 0.15) is 11.5 Å². The first-order valence-electron chi connectivity index (χ1n) is 8.52. The van der Waals surface area contributed by atoms with E-state index in [0.717, 1.165) is 41.6 Å². The van der Waals surface area contributed by atoms with Crippen LogP contribution in [0.2, 0.25) is 0 Å². The minimum Gasteiger partial charge on any atom is -0.364 e. The lowest BCUT2D eigenvalue weighted by Crippen LogP contribution is -2.46. The Morgan fingerprint density at radius 1 is 1.38 bits per heavy atom. The van der Waals surface area contributed by atoms with E-state index in [9.17, 15) is 0 Å². The molecule has 0 aromatic carbocycles. The summed E-state index contributed by atoms with van der Waals surface area (Å²) in [6.45, 7) is 5.47. The summed E-state index contributed by atoms with van der Waals surface area (Å²) in [4.78, 5) is 16.0. The maximum absolute atomic E-state index is 4.77. The molecule has 4 heterocycles. The Bertz CT molecular complexity index is 839. The van der Waals surface area contributed by atoms with Crippen LogP contribution in [-0.2, 0) is 6.42 Å². The summed E-state index contributed by atoms with van der Waals surface area (Å²) >= 11 is 1.73. The normalized spacial score (nSPS) is 21.2. The lowest BCUT2D eigenvalue weighted by atomic mass is 10.00. The van der Waals surface area contributed by atoms with Gasteiger partial charge in [0.15, 0.2) is 4.96 Å². The second-order valence-electron chi connectivity index (χ2n) is 6.27. The van der Waals surface area contributed by atoms with Gasteiger partial charge in [0, 0.05) is 23.2 Å². The van der Waals surface area contributed by atoms with Crippen molar-refractivity contribution in [2.24, 2.45) is 0 Å². The van der Waals surface area contributed by atoms with E-state index in [1.54, 1.807) is 23.7 Å². The molecule has 0 amide bonds. The zero-order valence-corrected chi connectivity index (χ0v) is 14.8. The maximum atomic E-state index is 4.77. The van der Waals surface area contributed by atoms with Gasteiger partial charge in [-0.2, -0.15) is 0 Å². The van der Waals surface area contributed by atoms with Gasteiger partial charge in [-0.15, -0.1) is 11.3 Å². The first-order chi connectivity index (χ1) is 11.7. The van der Waals surface area contributed by atoms with Crippen LogP contribution < -0.4 is 10.6 Å². The van der Waals surface area contributed by atoms with E-state index in [1.165, 1.54) is 11.3 Å². The summed E-state index contributed by atoms with van der Waals surface area (Å²) in [5.74, 6) is 0.828. The molecule has 1 aliphatic rings. The standard InChI is InChI=1S/C17H22N6S/c1-3-12-10-23-15(8-20-17(23)24-12)14-7-18-9-16(22-14)21-13-5-4-6-19-11(13)2/h7-11,13,19H,3-6H2,1-2H3,(H,21,22)/t11-,13-/m1/s1. The SMILES string of the molecule is CCc1cn2c(-c3cncc(N[C@@H]4CCCN[C@@H]4C)n3)cnc2s1. The average Bonchev–Trinajstić information content (AvgIpc) is 3.17. The molecule has 7 heteroatoms. The third kappa shape index (κ3) is 2.89. The molecule has 3 aromatic rings.